The maximum Gasteiger partial charge on any atom is 0.248 e. The standard InChI is InChI=1S/C19H25ClN6O2/c1-2-22-19(26-9-3-4-13(12-26)10-16(21)27)23-11-17-24-18(25-28-17)14-5-7-15(20)8-6-14/h5-8,13H,2-4,9-12H2,1H3,(H2,21,27)(H,22,23). The normalized spacial score (nSPS) is 17.6. The highest BCUT2D eigenvalue weighted by atomic mass is 35.5. The summed E-state index contributed by atoms with van der Waals surface area (Å²) < 4.78 is 5.33. The zero-order valence-electron chi connectivity index (χ0n) is 15.9. The monoisotopic (exact) mass is 404 g/mol. The van der Waals surface area contributed by atoms with Crippen molar-refractivity contribution in [1.29, 1.82) is 0 Å². The van der Waals surface area contributed by atoms with E-state index in [9.17, 15) is 4.79 Å². The first-order valence-electron chi connectivity index (χ1n) is 9.45. The number of carbonyl (C=O) groups excluding carboxylic acids is 1. The first-order chi connectivity index (χ1) is 13.5. The minimum absolute atomic E-state index is 0.255. The molecular weight excluding hydrogens is 380 g/mol. The van der Waals surface area contributed by atoms with Crippen molar-refractivity contribution >= 4 is 23.5 Å². The van der Waals surface area contributed by atoms with Crippen LogP contribution in [0.3, 0.4) is 0 Å². The highest BCUT2D eigenvalue weighted by molar-refractivity contribution is 6.30. The number of halogens is 1. The van der Waals surface area contributed by atoms with Gasteiger partial charge in [0.15, 0.2) is 5.96 Å². The molecule has 28 heavy (non-hydrogen) atoms. The molecule has 150 valence electrons. The Morgan fingerprint density at radius 2 is 2.21 bits per heavy atom. The van der Waals surface area contributed by atoms with Crippen LogP contribution >= 0.6 is 11.6 Å². The van der Waals surface area contributed by atoms with E-state index >= 15 is 0 Å². The van der Waals surface area contributed by atoms with Gasteiger partial charge in [-0.25, -0.2) is 4.99 Å². The molecule has 8 nitrogen and oxygen atoms in total. The van der Waals surface area contributed by atoms with Gasteiger partial charge in [0.05, 0.1) is 0 Å². The maximum absolute atomic E-state index is 11.2. The molecule has 1 unspecified atom stereocenters. The van der Waals surface area contributed by atoms with E-state index in [1.807, 2.05) is 19.1 Å². The van der Waals surface area contributed by atoms with Crippen LogP contribution in [-0.4, -0.2) is 46.5 Å². The van der Waals surface area contributed by atoms with Gasteiger partial charge in [-0.2, -0.15) is 4.98 Å². The van der Waals surface area contributed by atoms with Crippen LogP contribution in [0.4, 0.5) is 0 Å². The highest BCUT2D eigenvalue weighted by Gasteiger charge is 2.23. The number of aliphatic imine (C=N–C) groups is 1. The molecule has 1 saturated heterocycles. The lowest BCUT2D eigenvalue weighted by molar-refractivity contribution is -0.119. The lowest BCUT2D eigenvalue weighted by Gasteiger charge is -2.34. The molecular formula is C19H25ClN6O2. The number of nitrogens with zero attached hydrogens (tertiary/aromatic N) is 4. The van der Waals surface area contributed by atoms with E-state index in [-0.39, 0.29) is 18.4 Å². The van der Waals surface area contributed by atoms with E-state index in [1.54, 1.807) is 12.1 Å². The average molecular weight is 405 g/mol. The number of likely N-dealkylation sites (tertiary alicyclic amines) is 1. The summed E-state index contributed by atoms with van der Waals surface area (Å²) in [5.74, 6) is 1.73. The van der Waals surface area contributed by atoms with Gasteiger partial charge in [0.2, 0.25) is 17.6 Å². The zero-order chi connectivity index (χ0) is 19.9. The third-order valence-corrected chi connectivity index (χ3v) is 4.83. The lowest BCUT2D eigenvalue weighted by atomic mass is 9.95. The SMILES string of the molecule is CCNC(=NCc1nc(-c2ccc(Cl)cc2)no1)N1CCCC(CC(N)=O)C1. The zero-order valence-corrected chi connectivity index (χ0v) is 16.7. The molecule has 1 aromatic carbocycles. The van der Waals surface area contributed by atoms with Crippen molar-refractivity contribution in [3.05, 3.63) is 35.2 Å². The molecule has 9 heteroatoms. The second-order valence-electron chi connectivity index (χ2n) is 6.81. The summed E-state index contributed by atoms with van der Waals surface area (Å²) in [5, 5.41) is 7.97. The third-order valence-electron chi connectivity index (χ3n) is 4.58. The molecule has 1 fully saturated rings. The quantitative estimate of drug-likeness (QED) is 0.565. The number of primary amides is 1. The van der Waals surface area contributed by atoms with Crippen molar-refractivity contribution in [2.24, 2.45) is 16.6 Å². The number of carbonyl (C=O) groups is 1. The van der Waals surface area contributed by atoms with Crippen molar-refractivity contribution in [1.82, 2.24) is 20.4 Å². The molecule has 0 aliphatic carbocycles. The van der Waals surface area contributed by atoms with Crippen molar-refractivity contribution in [2.45, 2.75) is 32.7 Å². The molecule has 3 rings (SSSR count). The topological polar surface area (TPSA) is 110 Å². The van der Waals surface area contributed by atoms with Gasteiger partial charge in [0.25, 0.3) is 0 Å². The predicted molar refractivity (Wildman–Crippen MR) is 108 cm³/mol. The van der Waals surface area contributed by atoms with Crippen LogP contribution in [0.1, 0.15) is 32.1 Å². The summed E-state index contributed by atoms with van der Waals surface area (Å²) >= 11 is 5.91. The number of aromatic nitrogens is 2. The van der Waals surface area contributed by atoms with Crippen LogP contribution in [0.5, 0.6) is 0 Å². The molecule has 0 radical (unpaired) electrons. The second kappa shape index (κ2) is 9.54. The van der Waals surface area contributed by atoms with Gasteiger partial charge >= 0.3 is 0 Å². The number of guanidine groups is 1. The molecule has 2 aromatic rings. The summed E-state index contributed by atoms with van der Waals surface area (Å²) in [4.78, 5) is 22.5. The molecule has 1 amide bonds. The molecule has 3 N–H and O–H groups in total. The summed E-state index contributed by atoms with van der Waals surface area (Å²) in [6.45, 7) is 4.69. The number of hydrogen-bond acceptors (Lipinski definition) is 5. The molecule has 0 spiro atoms. The number of nitrogens with one attached hydrogen (secondary N) is 1. The van der Waals surface area contributed by atoms with Crippen molar-refractivity contribution in [2.75, 3.05) is 19.6 Å². The number of hydrogen-bond donors (Lipinski definition) is 2. The van der Waals surface area contributed by atoms with E-state index in [0.717, 1.165) is 44.0 Å². The van der Waals surface area contributed by atoms with Crippen LogP contribution < -0.4 is 11.1 Å². The van der Waals surface area contributed by atoms with Crippen LogP contribution in [0, 0.1) is 5.92 Å². The van der Waals surface area contributed by atoms with E-state index in [4.69, 9.17) is 21.9 Å². The first kappa shape index (κ1) is 20.1. The fraction of sp³-hybridized carbons (Fsp3) is 0.474. The lowest BCUT2D eigenvalue weighted by Crippen LogP contribution is -2.47. The fourth-order valence-electron chi connectivity index (χ4n) is 3.31. The Hall–Kier alpha value is -2.61. The largest absolute Gasteiger partial charge is 0.370 e. The molecule has 1 aliphatic heterocycles. The Balaban J connectivity index is 1.67. The first-order valence-corrected chi connectivity index (χ1v) is 9.83. The van der Waals surface area contributed by atoms with Gasteiger partial charge in [0, 0.05) is 36.6 Å². The van der Waals surface area contributed by atoms with Crippen LogP contribution in [0.15, 0.2) is 33.8 Å². The van der Waals surface area contributed by atoms with Gasteiger partial charge in [-0.1, -0.05) is 16.8 Å². The molecule has 2 heterocycles. The maximum atomic E-state index is 11.2. The smallest absolute Gasteiger partial charge is 0.248 e. The van der Waals surface area contributed by atoms with Crippen LogP contribution in [0.25, 0.3) is 11.4 Å². The van der Waals surface area contributed by atoms with Gasteiger partial charge in [-0.05, 0) is 49.9 Å². The minimum atomic E-state index is -0.255. The number of amides is 1. The fourth-order valence-corrected chi connectivity index (χ4v) is 3.44. The Kier molecular flexibility index (Phi) is 6.86. The van der Waals surface area contributed by atoms with E-state index in [2.05, 4.69) is 25.3 Å². The van der Waals surface area contributed by atoms with Crippen molar-refractivity contribution < 1.29 is 9.32 Å². The third kappa shape index (κ3) is 5.45. The van der Waals surface area contributed by atoms with E-state index in [1.165, 1.54) is 0 Å². The Bertz CT molecular complexity index is 820. The molecule has 1 atom stereocenters. The Morgan fingerprint density at radius 1 is 1.43 bits per heavy atom. The summed E-state index contributed by atoms with van der Waals surface area (Å²) in [6, 6.07) is 7.26. The Labute approximate surface area is 169 Å². The van der Waals surface area contributed by atoms with E-state index < -0.39 is 0 Å². The molecule has 1 aromatic heterocycles. The van der Waals surface area contributed by atoms with Gasteiger partial charge in [0.1, 0.15) is 6.54 Å². The predicted octanol–water partition coefficient (Wildman–Crippen LogP) is 2.44. The minimum Gasteiger partial charge on any atom is -0.370 e. The number of nitrogens with two attached hydrogens (primary N) is 1. The number of piperidine rings is 1. The van der Waals surface area contributed by atoms with Crippen LogP contribution in [0.2, 0.25) is 5.02 Å². The summed E-state index contributed by atoms with van der Waals surface area (Å²) in [7, 11) is 0. The van der Waals surface area contributed by atoms with Gasteiger partial charge in [-0.3, -0.25) is 4.79 Å². The second-order valence-corrected chi connectivity index (χ2v) is 7.25. The number of rotatable bonds is 6. The van der Waals surface area contributed by atoms with Crippen molar-refractivity contribution in [3.63, 3.8) is 0 Å². The summed E-state index contributed by atoms with van der Waals surface area (Å²) in [6.07, 6.45) is 2.42. The molecule has 0 saturated carbocycles. The Morgan fingerprint density at radius 3 is 2.93 bits per heavy atom. The van der Waals surface area contributed by atoms with Crippen LogP contribution in [-0.2, 0) is 11.3 Å². The highest BCUT2D eigenvalue weighted by Crippen LogP contribution is 2.20. The van der Waals surface area contributed by atoms with Gasteiger partial charge in [-0.15, -0.1) is 0 Å². The van der Waals surface area contributed by atoms with Crippen molar-refractivity contribution in [3.8, 4) is 11.4 Å². The number of benzene rings is 1. The van der Waals surface area contributed by atoms with E-state index in [0.29, 0.717) is 23.2 Å². The summed E-state index contributed by atoms with van der Waals surface area (Å²) in [5.41, 5.74) is 6.19. The molecule has 1 aliphatic rings. The average Bonchev–Trinajstić information content (AvgIpc) is 3.14. The van der Waals surface area contributed by atoms with Gasteiger partial charge < -0.3 is 20.5 Å². The molecule has 0 bridgehead atoms.